The number of Topliss-reactive ketones (excluding diaryl/α,β-unsaturated/α-hetero) is 1. The Labute approximate surface area is 91.5 Å². The van der Waals surface area contributed by atoms with Gasteiger partial charge < -0.3 is 9.88 Å². The number of hydrogen-bond acceptors (Lipinski definition) is 2. The lowest BCUT2D eigenvalue weighted by atomic mass is 10.1. The number of hydrogen-bond donors (Lipinski definition) is 1. The summed E-state index contributed by atoms with van der Waals surface area (Å²) in [6.07, 6.45) is 7.29. The molecule has 1 rings (SSSR count). The maximum Gasteiger partial charge on any atom is 0.146 e. The van der Waals surface area contributed by atoms with Crippen LogP contribution in [0.15, 0.2) is 24.5 Å². The molecule has 1 aromatic rings. The summed E-state index contributed by atoms with van der Waals surface area (Å²) in [6.45, 7) is 2.69. The molecule has 1 aromatic heterocycles. The molecule has 0 spiro atoms. The maximum atomic E-state index is 11.1. The molecule has 3 nitrogen and oxygen atoms in total. The average Bonchev–Trinajstić information content (AvgIpc) is 2.70. The fourth-order valence-corrected chi connectivity index (χ4v) is 1.71. The van der Waals surface area contributed by atoms with Crippen LogP contribution in [0.2, 0.25) is 0 Å². The molecular formula is C12H20N2O. The number of nitrogens with one attached hydrogen (secondary N) is 1. The largest absolute Gasteiger partial charge is 0.354 e. The van der Waals surface area contributed by atoms with Gasteiger partial charge in [-0.3, -0.25) is 4.79 Å². The first-order chi connectivity index (χ1) is 7.24. The van der Waals surface area contributed by atoms with Gasteiger partial charge >= 0.3 is 0 Å². The fourth-order valence-electron chi connectivity index (χ4n) is 1.71. The Morgan fingerprint density at radius 3 is 2.53 bits per heavy atom. The lowest BCUT2D eigenvalue weighted by Gasteiger charge is -2.12. The molecule has 0 amide bonds. The number of unbranched alkanes of at least 4 members (excludes halogenated alkanes) is 1. The molecule has 0 aliphatic carbocycles. The molecule has 0 saturated carbocycles. The minimum absolute atomic E-state index is 0.0367. The first kappa shape index (κ1) is 12.0. The topological polar surface area (TPSA) is 34.0 Å². The molecule has 0 fully saturated rings. The second-order valence-corrected chi connectivity index (χ2v) is 3.87. The van der Waals surface area contributed by atoms with Crippen LogP contribution < -0.4 is 5.32 Å². The Morgan fingerprint density at radius 2 is 2.00 bits per heavy atom. The highest BCUT2D eigenvalue weighted by atomic mass is 16.1. The van der Waals surface area contributed by atoms with E-state index < -0.39 is 0 Å². The van der Waals surface area contributed by atoms with Gasteiger partial charge in [-0.25, -0.2) is 0 Å². The van der Waals surface area contributed by atoms with E-state index in [2.05, 4.69) is 22.3 Å². The molecular weight excluding hydrogens is 188 g/mol. The lowest BCUT2D eigenvalue weighted by Crippen LogP contribution is -2.32. The molecule has 1 unspecified atom stereocenters. The van der Waals surface area contributed by atoms with E-state index in [0.29, 0.717) is 0 Å². The van der Waals surface area contributed by atoms with E-state index in [1.165, 1.54) is 0 Å². The zero-order valence-electron chi connectivity index (χ0n) is 9.57. The van der Waals surface area contributed by atoms with Crippen LogP contribution in [-0.2, 0) is 11.3 Å². The summed E-state index contributed by atoms with van der Waals surface area (Å²) >= 11 is 0. The summed E-state index contributed by atoms with van der Waals surface area (Å²) in [5.74, 6) is 0.235. The predicted octanol–water partition coefficient (Wildman–Crippen LogP) is 1.84. The molecule has 0 aromatic carbocycles. The highest BCUT2D eigenvalue weighted by molar-refractivity contribution is 5.81. The van der Waals surface area contributed by atoms with Crippen LogP contribution in [0.3, 0.4) is 0 Å². The molecule has 0 saturated heterocycles. The minimum atomic E-state index is 0.0367. The number of likely N-dealkylation sites (N-methyl/N-ethyl adjacent to an activating group) is 1. The lowest BCUT2D eigenvalue weighted by molar-refractivity contribution is -0.119. The smallest absolute Gasteiger partial charge is 0.146 e. The number of carbonyl (C=O) groups excluding carboxylic acids is 1. The van der Waals surface area contributed by atoms with Crippen LogP contribution in [0.5, 0.6) is 0 Å². The summed E-state index contributed by atoms with van der Waals surface area (Å²) in [7, 11) is 1.85. The minimum Gasteiger partial charge on any atom is -0.354 e. The molecule has 1 N–H and O–H groups in total. The normalized spacial score (nSPS) is 12.7. The first-order valence-corrected chi connectivity index (χ1v) is 5.52. The number of nitrogens with zero attached hydrogens (tertiary/aromatic N) is 1. The van der Waals surface area contributed by atoms with Gasteiger partial charge in [0.25, 0.3) is 0 Å². The summed E-state index contributed by atoms with van der Waals surface area (Å²) in [4.78, 5) is 11.1. The average molecular weight is 208 g/mol. The van der Waals surface area contributed by atoms with Crippen molar-refractivity contribution < 1.29 is 4.79 Å². The van der Waals surface area contributed by atoms with E-state index in [4.69, 9.17) is 0 Å². The molecule has 0 aliphatic rings. The predicted molar refractivity (Wildman–Crippen MR) is 61.8 cm³/mol. The van der Waals surface area contributed by atoms with Crippen LogP contribution in [0, 0.1) is 0 Å². The third-order valence-corrected chi connectivity index (χ3v) is 2.66. The Kier molecular flexibility index (Phi) is 5.12. The Balaban J connectivity index is 2.13. The van der Waals surface area contributed by atoms with Gasteiger partial charge in [-0.05, 0) is 45.4 Å². The second kappa shape index (κ2) is 6.40. The van der Waals surface area contributed by atoms with Crippen LogP contribution in [0.25, 0.3) is 0 Å². The van der Waals surface area contributed by atoms with Gasteiger partial charge in [-0.2, -0.15) is 0 Å². The number of ketones is 1. The SMILES string of the molecule is CNC(CCCCn1cccc1)C(C)=O. The van der Waals surface area contributed by atoms with Gasteiger partial charge in [0.05, 0.1) is 6.04 Å². The highest BCUT2D eigenvalue weighted by Crippen LogP contribution is 2.04. The van der Waals surface area contributed by atoms with Gasteiger partial charge in [0.15, 0.2) is 0 Å². The Morgan fingerprint density at radius 1 is 1.33 bits per heavy atom. The van der Waals surface area contributed by atoms with Gasteiger partial charge in [0.1, 0.15) is 5.78 Å². The molecule has 15 heavy (non-hydrogen) atoms. The van der Waals surface area contributed by atoms with Crippen molar-refractivity contribution in [1.29, 1.82) is 0 Å². The first-order valence-electron chi connectivity index (χ1n) is 5.52. The third kappa shape index (κ3) is 4.30. The maximum absolute atomic E-state index is 11.1. The van der Waals surface area contributed by atoms with Crippen LogP contribution in [0.4, 0.5) is 0 Å². The van der Waals surface area contributed by atoms with Crippen molar-refractivity contribution in [2.45, 2.75) is 38.8 Å². The molecule has 0 radical (unpaired) electrons. The van der Waals surface area contributed by atoms with Crippen LogP contribution >= 0.6 is 0 Å². The van der Waals surface area contributed by atoms with Crippen LogP contribution in [0.1, 0.15) is 26.2 Å². The van der Waals surface area contributed by atoms with Crippen molar-refractivity contribution >= 4 is 5.78 Å². The Hall–Kier alpha value is -1.09. The summed E-state index contributed by atoms with van der Waals surface area (Å²) < 4.78 is 2.17. The molecule has 1 heterocycles. The van der Waals surface area contributed by atoms with Crippen molar-refractivity contribution in [2.24, 2.45) is 0 Å². The van der Waals surface area contributed by atoms with E-state index >= 15 is 0 Å². The summed E-state index contributed by atoms with van der Waals surface area (Å²) in [5.41, 5.74) is 0. The number of aromatic nitrogens is 1. The van der Waals surface area contributed by atoms with Crippen molar-refractivity contribution in [2.75, 3.05) is 7.05 Å². The molecule has 0 aliphatic heterocycles. The van der Waals surface area contributed by atoms with E-state index in [1.54, 1.807) is 6.92 Å². The summed E-state index contributed by atoms with van der Waals surface area (Å²) in [6, 6.07) is 4.10. The van der Waals surface area contributed by atoms with Gasteiger partial charge in [0, 0.05) is 18.9 Å². The van der Waals surface area contributed by atoms with Gasteiger partial charge in [-0.1, -0.05) is 0 Å². The number of carbonyl (C=O) groups is 1. The molecule has 0 bridgehead atoms. The quantitative estimate of drug-likeness (QED) is 0.694. The van der Waals surface area contributed by atoms with Crippen molar-refractivity contribution in [3.63, 3.8) is 0 Å². The van der Waals surface area contributed by atoms with Crippen molar-refractivity contribution in [3.05, 3.63) is 24.5 Å². The van der Waals surface area contributed by atoms with Gasteiger partial charge in [0.2, 0.25) is 0 Å². The second-order valence-electron chi connectivity index (χ2n) is 3.87. The van der Waals surface area contributed by atoms with Gasteiger partial charge in [-0.15, -0.1) is 0 Å². The van der Waals surface area contributed by atoms with Crippen molar-refractivity contribution in [1.82, 2.24) is 9.88 Å². The number of rotatable bonds is 7. The van der Waals surface area contributed by atoms with E-state index in [-0.39, 0.29) is 11.8 Å². The Bertz CT molecular complexity index is 280. The monoisotopic (exact) mass is 208 g/mol. The van der Waals surface area contributed by atoms with E-state index in [1.807, 2.05) is 19.2 Å². The van der Waals surface area contributed by atoms with E-state index in [9.17, 15) is 4.79 Å². The highest BCUT2D eigenvalue weighted by Gasteiger charge is 2.09. The molecule has 84 valence electrons. The zero-order chi connectivity index (χ0) is 11.1. The molecule has 1 atom stereocenters. The number of aryl methyl sites for hydroxylation is 1. The summed E-state index contributed by atoms with van der Waals surface area (Å²) in [5, 5.41) is 3.04. The molecule has 3 heteroatoms. The van der Waals surface area contributed by atoms with Crippen molar-refractivity contribution in [3.8, 4) is 0 Å². The van der Waals surface area contributed by atoms with E-state index in [0.717, 1.165) is 25.8 Å². The third-order valence-electron chi connectivity index (χ3n) is 2.66. The fraction of sp³-hybridized carbons (Fsp3) is 0.583. The van der Waals surface area contributed by atoms with Crippen LogP contribution in [-0.4, -0.2) is 23.4 Å². The standard InChI is InChI=1S/C12H20N2O/c1-11(15)12(13-2)7-3-4-8-14-9-5-6-10-14/h5-6,9-10,12-13H,3-4,7-8H2,1-2H3. The zero-order valence-corrected chi connectivity index (χ0v) is 9.57.